The van der Waals surface area contributed by atoms with Crippen LogP contribution in [0.25, 0.3) is 0 Å². The molecule has 0 amide bonds. The zero-order valence-electron chi connectivity index (χ0n) is 7.82. The van der Waals surface area contributed by atoms with Gasteiger partial charge in [-0.2, -0.15) is 0 Å². The van der Waals surface area contributed by atoms with Crippen molar-refractivity contribution in [1.29, 1.82) is 0 Å². The van der Waals surface area contributed by atoms with Crippen LogP contribution >= 0.6 is 0 Å². The monoisotopic (exact) mass is 196 g/mol. The van der Waals surface area contributed by atoms with E-state index in [1.807, 2.05) is 0 Å². The molecule has 0 atom stereocenters. The molecule has 0 bridgehead atoms. The van der Waals surface area contributed by atoms with Gasteiger partial charge in [0.2, 0.25) is 0 Å². The molecule has 0 radical (unpaired) electrons. The van der Waals surface area contributed by atoms with Gasteiger partial charge >= 0.3 is 11.9 Å². The predicted molar refractivity (Wildman–Crippen MR) is 51.5 cm³/mol. The zero-order valence-corrected chi connectivity index (χ0v) is 7.82. The third kappa shape index (κ3) is 5.77. The Morgan fingerprint density at radius 3 is 1.64 bits per heavy atom. The maximum absolute atomic E-state index is 10.6. The van der Waals surface area contributed by atoms with Crippen LogP contribution in [-0.4, -0.2) is 25.2 Å². The molecule has 4 heteroatoms. The lowest BCUT2D eigenvalue weighted by molar-refractivity contribution is -0.137. The summed E-state index contributed by atoms with van der Waals surface area (Å²) >= 11 is 0. The maximum Gasteiger partial charge on any atom is 0.330 e. The summed E-state index contributed by atoms with van der Waals surface area (Å²) in [6, 6.07) is 0. The van der Waals surface area contributed by atoms with Gasteiger partial charge in [-0.25, -0.2) is 9.59 Å². The average Bonchev–Trinajstić information content (AvgIpc) is 2.22. The molecule has 0 aromatic carbocycles. The number of hydrogen-bond donors (Lipinski definition) is 0. The summed E-state index contributed by atoms with van der Waals surface area (Å²) in [4.78, 5) is 21.2. The minimum absolute atomic E-state index is 0.00920. The lowest BCUT2D eigenvalue weighted by Gasteiger charge is -2.05. The van der Waals surface area contributed by atoms with Crippen molar-refractivity contribution in [2.45, 2.75) is 0 Å². The van der Waals surface area contributed by atoms with Crippen molar-refractivity contribution in [3.05, 3.63) is 37.5 Å². The van der Waals surface area contributed by atoms with E-state index in [2.05, 4.69) is 29.2 Å². The molecule has 0 aliphatic rings. The van der Waals surface area contributed by atoms with Crippen molar-refractivity contribution in [3.8, 4) is 0 Å². The molecule has 76 valence electrons. The van der Waals surface area contributed by atoms with E-state index in [1.54, 1.807) is 0 Å². The minimum Gasteiger partial charge on any atom is -0.458 e. The topological polar surface area (TPSA) is 52.6 Å². The zero-order chi connectivity index (χ0) is 11.0. The lowest BCUT2D eigenvalue weighted by Crippen LogP contribution is -2.10. The molecular weight excluding hydrogens is 184 g/mol. The fourth-order valence-corrected chi connectivity index (χ4v) is 0.506. The molecule has 0 saturated heterocycles. The van der Waals surface area contributed by atoms with E-state index in [9.17, 15) is 9.59 Å². The Hall–Kier alpha value is -1.84. The van der Waals surface area contributed by atoms with Crippen molar-refractivity contribution in [1.82, 2.24) is 0 Å². The second kappa shape index (κ2) is 6.65. The van der Waals surface area contributed by atoms with Crippen molar-refractivity contribution in [3.63, 3.8) is 0 Å². The second-order valence-corrected chi connectivity index (χ2v) is 2.37. The number of rotatable bonds is 6. The Labute approximate surface area is 82.5 Å². The Morgan fingerprint density at radius 1 is 1.00 bits per heavy atom. The number of hydrogen-bond acceptors (Lipinski definition) is 4. The van der Waals surface area contributed by atoms with Gasteiger partial charge in [0, 0.05) is 12.2 Å². The van der Waals surface area contributed by atoms with Crippen molar-refractivity contribution < 1.29 is 19.1 Å². The summed E-state index contributed by atoms with van der Waals surface area (Å²) in [5, 5.41) is 0. The smallest absolute Gasteiger partial charge is 0.330 e. The molecule has 0 rings (SSSR count). The molecule has 4 nitrogen and oxygen atoms in total. The second-order valence-electron chi connectivity index (χ2n) is 2.37. The van der Waals surface area contributed by atoms with Gasteiger partial charge in [0.1, 0.15) is 13.2 Å². The van der Waals surface area contributed by atoms with Crippen LogP contribution < -0.4 is 0 Å². The van der Waals surface area contributed by atoms with E-state index in [4.69, 9.17) is 0 Å². The Morgan fingerprint density at radius 2 is 1.36 bits per heavy atom. The fourth-order valence-electron chi connectivity index (χ4n) is 0.506. The van der Waals surface area contributed by atoms with Crippen LogP contribution in [0.5, 0.6) is 0 Å². The number of ether oxygens (including phenoxy) is 2. The normalized spacial score (nSPS) is 8.57. The van der Waals surface area contributed by atoms with Gasteiger partial charge in [-0.05, 0) is 5.57 Å². The molecule has 0 saturated carbocycles. The average molecular weight is 196 g/mol. The van der Waals surface area contributed by atoms with Crippen LogP contribution in [0.4, 0.5) is 0 Å². The van der Waals surface area contributed by atoms with Crippen molar-refractivity contribution in [2.75, 3.05) is 13.2 Å². The predicted octanol–water partition coefficient (Wildman–Crippen LogP) is 1.00. The largest absolute Gasteiger partial charge is 0.458 e. The van der Waals surface area contributed by atoms with Crippen LogP contribution in [0.15, 0.2) is 37.5 Å². The van der Waals surface area contributed by atoms with E-state index in [-0.39, 0.29) is 13.2 Å². The highest BCUT2D eigenvalue weighted by Gasteiger charge is 2.01. The molecule has 0 aliphatic carbocycles. The molecule has 0 heterocycles. The van der Waals surface area contributed by atoms with Gasteiger partial charge in [-0.3, -0.25) is 0 Å². The first-order chi connectivity index (χ1) is 6.60. The molecule has 0 aromatic rings. The van der Waals surface area contributed by atoms with Crippen LogP contribution in [-0.2, 0) is 19.1 Å². The van der Waals surface area contributed by atoms with Gasteiger partial charge < -0.3 is 9.47 Å². The Kier molecular flexibility index (Phi) is 5.78. The molecule has 14 heavy (non-hydrogen) atoms. The van der Waals surface area contributed by atoms with E-state index in [0.717, 1.165) is 12.2 Å². The summed E-state index contributed by atoms with van der Waals surface area (Å²) in [6.07, 6.45) is 2.09. The fraction of sp³-hybridized carbons (Fsp3) is 0.200. The van der Waals surface area contributed by atoms with E-state index in [1.165, 1.54) is 0 Å². The summed E-state index contributed by atoms with van der Waals surface area (Å²) in [7, 11) is 0. The van der Waals surface area contributed by atoms with Gasteiger partial charge in [0.05, 0.1) is 0 Å². The van der Waals surface area contributed by atoms with E-state index >= 15 is 0 Å². The number of esters is 2. The Balaban J connectivity index is 3.66. The van der Waals surface area contributed by atoms with E-state index < -0.39 is 11.9 Å². The van der Waals surface area contributed by atoms with Gasteiger partial charge in [0.15, 0.2) is 0 Å². The molecule has 0 aromatic heterocycles. The highest BCUT2D eigenvalue weighted by Crippen LogP contribution is 1.94. The van der Waals surface area contributed by atoms with Crippen molar-refractivity contribution >= 4 is 11.9 Å². The molecule has 0 N–H and O–H groups in total. The first-order valence-corrected chi connectivity index (χ1v) is 3.85. The third-order valence-corrected chi connectivity index (χ3v) is 1.17. The molecule has 0 fully saturated rings. The summed E-state index contributed by atoms with van der Waals surface area (Å²) in [6.45, 7) is 10.0. The highest BCUT2D eigenvalue weighted by atomic mass is 16.5. The van der Waals surface area contributed by atoms with Crippen LogP contribution in [0, 0.1) is 0 Å². The van der Waals surface area contributed by atoms with Crippen LogP contribution in [0.3, 0.4) is 0 Å². The highest BCUT2D eigenvalue weighted by molar-refractivity contribution is 5.81. The molecule has 0 spiro atoms. The van der Waals surface area contributed by atoms with Gasteiger partial charge in [-0.15, -0.1) is 0 Å². The quantitative estimate of drug-likeness (QED) is 0.361. The standard InChI is InChI=1S/C10H12O4/c1-4-9(11)13-6-8(3)7-14-10(12)5-2/h4-5H,1-3,6-7H2. The number of carbonyl (C=O) groups is 2. The van der Waals surface area contributed by atoms with Gasteiger partial charge in [-0.1, -0.05) is 19.7 Å². The summed E-state index contributed by atoms with van der Waals surface area (Å²) in [5.41, 5.74) is 0.482. The SMILES string of the molecule is C=CC(=O)OCC(=C)COC(=O)C=C. The summed E-state index contributed by atoms with van der Waals surface area (Å²) in [5.74, 6) is -1.08. The first kappa shape index (κ1) is 12.2. The lowest BCUT2D eigenvalue weighted by atomic mass is 10.3. The van der Waals surface area contributed by atoms with Crippen molar-refractivity contribution in [2.24, 2.45) is 0 Å². The molecule has 0 unspecified atom stereocenters. The van der Waals surface area contributed by atoms with E-state index in [0.29, 0.717) is 5.57 Å². The third-order valence-electron chi connectivity index (χ3n) is 1.17. The molecule has 0 aliphatic heterocycles. The Bertz CT molecular complexity index is 239. The van der Waals surface area contributed by atoms with Crippen LogP contribution in [0.1, 0.15) is 0 Å². The summed E-state index contributed by atoms with van der Waals surface area (Å²) < 4.78 is 9.29. The van der Waals surface area contributed by atoms with Gasteiger partial charge in [0.25, 0.3) is 0 Å². The van der Waals surface area contributed by atoms with Crippen LogP contribution in [0.2, 0.25) is 0 Å². The minimum atomic E-state index is -0.541. The number of carbonyl (C=O) groups excluding carboxylic acids is 2. The molecular formula is C10H12O4. The maximum atomic E-state index is 10.6. The first-order valence-electron chi connectivity index (χ1n) is 3.85.